The molecule has 0 heterocycles. The molecule has 2 rings (SSSR count). The highest BCUT2D eigenvalue weighted by atomic mass is 32.2. The molecule has 1 atom stereocenters. The maximum Gasteiger partial charge on any atom is 0.243 e. The SMILES string of the molecule is Cc1ccc(C#N)cc1S(=O)(=O)N(C)[C@@H](CCO)c1ccccc1. The molecule has 0 unspecified atom stereocenters. The van der Waals surface area contributed by atoms with E-state index in [1.807, 2.05) is 36.4 Å². The average Bonchev–Trinajstić information content (AvgIpc) is 2.60. The van der Waals surface area contributed by atoms with Gasteiger partial charge in [0.05, 0.1) is 22.6 Å². The van der Waals surface area contributed by atoms with E-state index in [9.17, 15) is 13.5 Å². The van der Waals surface area contributed by atoms with Gasteiger partial charge in [-0.1, -0.05) is 36.4 Å². The minimum atomic E-state index is -3.80. The number of hydrogen-bond acceptors (Lipinski definition) is 4. The van der Waals surface area contributed by atoms with Crippen LogP contribution in [0.5, 0.6) is 0 Å². The van der Waals surface area contributed by atoms with Crippen LogP contribution in [0.25, 0.3) is 0 Å². The van der Waals surface area contributed by atoms with Gasteiger partial charge in [-0.15, -0.1) is 0 Å². The van der Waals surface area contributed by atoms with E-state index in [0.717, 1.165) is 5.56 Å². The number of nitrogens with zero attached hydrogens (tertiary/aromatic N) is 2. The van der Waals surface area contributed by atoms with Crippen LogP contribution in [0.15, 0.2) is 53.4 Å². The van der Waals surface area contributed by atoms with Gasteiger partial charge >= 0.3 is 0 Å². The molecule has 0 radical (unpaired) electrons. The van der Waals surface area contributed by atoms with Gasteiger partial charge in [0.1, 0.15) is 0 Å². The van der Waals surface area contributed by atoms with E-state index in [0.29, 0.717) is 11.1 Å². The molecular weight excluding hydrogens is 324 g/mol. The Morgan fingerprint density at radius 3 is 2.46 bits per heavy atom. The van der Waals surface area contributed by atoms with E-state index in [4.69, 9.17) is 5.26 Å². The van der Waals surface area contributed by atoms with Crippen molar-refractivity contribution in [1.29, 1.82) is 5.26 Å². The summed E-state index contributed by atoms with van der Waals surface area (Å²) in [5.41, 5.74) is 1.69. The molecule has 0 saturated carbocycles. The van der Waals surface area contributed by atoms with Crippen molar-refractivity contribution >= 4 is 10.0 Å². The highest BCUT2D eigenvalue weighted by Crippen LogP contribution is 2.30. The Bertz CT molecular complexity index is 842. The predicted octanol–water partition coefficient (Wildman–Crippen LogP) is 2.61. The van der Waals surface area contributed by atoms with E-state index in [1.54, 1.807) is 19.1 Å². The quantitative estimate of drug-likeness (QED) is 0.873. The lowest BCUT2D eigenvalue weighted by Crippen LogP contribution is -2.32. The van der Waals surface area contributed by atoms with Crippen molar-refractivity contribution in [2.75, 3.05) is 13.7 Å². The van der Waals surface area contributed by atoms with Crippen LogP contribution in [0.4, 0.5) is 0 Å². The second-order valence-electron chi connectivity index (χ2n) is 5.55. The Balaban J connectivity index is 2.49. The van der Waals surface area contributed by atoms with Crippen molar-refractivity contribution in [2.45, 2.75) is 24.3 Å². The standard InChI is InChI=1S/C18H20N2O3S/c1-14-8-9-15(13-19)12-18(14)24(22,23)20(2)17(10-11-21)16-6-4-3-5-7-16/h3-9,12,17,21H,10-11H2,1-2H3/t17-/m0/s1. The third-order valence-electron chi connectivity index (χ3n) is 4.00. The smallest absolute Gasteiger partial charge is 0.243 e. The van der Waals surface area contributed by atoms with Crippen LogP contribution in [0.3, 0.4) is 0 Å². The van der Waals surface area contributed by atoms with Gasteiger partial charge < -0.3 is 5.11 Å². The summed E-state index contributed by atoms with van der Waals surface area (Å²) in [6, 6.07) is 15.3. The number of hydrogen-bond donors (Lipinski definition) is 1. The number of benzene rings is 2. The zero-order chi connectivity index (χ0) is 17.7. The average molecular weight is 344 g/mol. The van der Waals surface area contributed by atoms with Crippen molar-refractivity contribution < 1.29 is 13.5 Å². The Kier molecular flexibility index (Phi) is 5.73. The molecule has 0 bridgehead atoms. The van der Waals surface area contributed by atoms with Crippen molar-refractivity contribution in [3.63, 3.8) is 0 Å². The van der Waals surface area contributed by atoms with Crippen molar-refractivity contribution in [2.24, 2.45) is 0 Å². The summed E-state index contributed by atoms with van der Waals surface area (Å²) in [4.78, 5) is 0.114. The molecule has 0 aliphatic heterocycles. The topological polar surface area (TPSA) is 81.4 Å². The van der Waals surface area contributed by atoms with Crippen LogP contribution in [0.1, 0.15) is 29.2 Å². The Morgan fingerprint density at radius 1 is 1.21 bits per heavy atom. The number of aryl methyl sites for hydroxylation is 1. The zero-order valence-electron chi connectivity index (χ0n) is 13.7. The van der Waals surface area contributed by atoms with E-state index in [-0.39, 0.29) is 17.9 Å². The molecule has 126 valence electrons. The fourth-order valence-electron chi connectivity index (χ4n) is 2.63. The first-order valence-electron chi connectivity index (χ1n) is 7.56. The molecule has 0 amide bonds. The van der Waals surface area contributed by atoms with Gasteiger partial charge in [-0.25, -0.2) is 8.42 Å². The Labute approximate surface area is 142 Å². The molecule has 2 aromatic carbocycles. The summed E-state index contributed by atoms with van der Waals surface area (Å²) in [6.07, 6.45) is 0.288. The van der Waals surface area contributed by atoms with Crippen molar-refractivity contribution in [3.05, 3.63) is 65.2 Å². The highest BCUT2D eigenvalue weighted by molar-refractivity contribution is 7.89. The summed E-state index contributed by atoms with van der Waals surface area (Å²) in [5, 5.41) is 18.4. The molecule has 6 heteroatoms. The lowest BCUT2D eigenvalue weighted by molar-refractivity contribution is 0.240. The van der Waals surface area contributed by atoms with E-state index in [2.05, 4.69) is 0 Å². The van der Waals surface area contributed by atoms with E-state index in [1.165, 1.54) is 17.4 Å². The fourth-order valence-corrected chi connectivity index (χ4v) is 4.25. The maximum absolute atomic E-state index is 13.0. The summed E-state index contributed by atoms with van der Waals surface area (Å²) >= 11 is 0. The zero-order valence-corrected chi connectivity index (χ0v) is 14.5. The third kappa shape index (κ3) is 3.65. The van der Waals surface area contributed by atoms with Crippen molar-refractivity contribution in [3.8, 4) is 6.07 Å². The second kappa shape index (κ2) is 7.58. The predicted molar refractivity (Wildman–Crippen MR) is 91.7 cm³/mol. The molecule has 0 aromatic heterocycles. The number of nitriles is 1. The molecule has 0 fully saturated rings. The molecule has 0 aliphatic rings. The van der Waals surface area contributed by atoms with Gasteiger partial charge in [0.2, 0.25) is 10.0 Å². The fraction of sp³-hybridized carbons (Fsp3) is 0.278. The molecular formula is C18H20N2O3S. The number of sulfonamides is 1. The molecule has 0 aliphatic carbocycles. The first kappa shape index (κ1) is 18.1. The largest absolute Gasteiger partial charge is 0.396 e. The first-order valence-corrected chi connectivity index (χ1v) is 9.00. The van der Waals surface area contributed by atoms with Gasteiger partial charge in [0, 0.05) is 13.7 Å². The normalized spacial score (nSPS) is 12.8. The van der Waals surface area contributed by atoms with Gasteiger partial charge in [-0.05, 0) is 36.6 Å². The van der Waals surface area contributed by atoms with Gasteiger partial charge in [0.15, 0.2) is 0 Å². The molecule has 1 N–H and O–H groups in total. The molecule has 2 aromatic rings. The Hall–Kier alpha value is -2.20. The molecule has 0 saturated heterocycles. The first-order chi connectivity index (χ1) is 11.4. The number of aliphatic hydroxyl groups excluding tert-OH is 1. The minimum Gasteiger partial charge on any atom is -0.396 e. The van der Waals surface area contributed by atoms with E-state index >= 15 is 0 Å². The lowest BCUT2D eigenvalue weighted by Gasteiger charge is -2.28. The Morgan fingerprint density at radius 2 is 1.88 bits per heavy atom. The third-order valence-corrected chi connectivity index (χ3v) is 6.01. The van der Waals surface area contributed by atoms with Gasteiger partial charge in [-0.2, -0.15) is 9.57 Å². The monoisotopic (exact) mass is 344 g/mol. The summed E-state index contributed by atoms with van der Waals surface area (Å²) < 4.78 is 27.4. The maximum atomic E-state index is 13.0. The van der Waals surface area contributed by atoms with Crippen LogP contribution in [0, 0.1) is 18.3 Å². The number of aliphatic hydroxyl groups is 1. The van der Waals surface area contributed by atoms with E-state index < -0.39 is 16.1 Å². The van der Waals surface area contributed by atoms with Crippen LogP contribution >= 0.6 is 0 Å². The van der Waals surface area contributed by atoms with Crippen molar-refractivity contribution in [1.82, 2.24) is 4.31 Å². The lowest BCUT2D eigenvalue weighted by atomic mass is 10.0. The van der Waals surface area contributed by atoms with Crippen LogP contribution < -0.4 is 0 Å². The van der Waals surface area contributed by atoms with Crippen LogP contribution in [-0.4, -0.2) is 31.5 Å². The summed E-state index contributed by atoms with van der Waals surface area (Å²) in [5.74, 6) is 0. The summed E-state index contributed by atoms with van der Waals surface area (Å²) in [7, 11) is -2.30. The van der Waals surface area contributed by atoms with Gasteiger partial charge in [-0.3, -0.25) is 0 Å². The second-order valence-corrected chi connectivity index (χ2v) is 7.52. The molecule has 0 spiro atoms. The van der Waals surface area contributed by atoms with Crippen LogP contribution in [0.2, 0.25) is 0 Å². The van der Waals surface area contributed by atoms with Crippen LogP contribution in [-0.2, 0) is 10.0 Å². The molecule has 5 nitrogen and oxygen atoms in total. The minimum absolute atomic E-state index is 0.114. The number of rotatable bonds is 6. The molecule has 24 heavy (non-hydrogen) atoms. The van der Waals surface area contributed by atoms with Gasteiger partial charge in [0.25, 0.3) is 0 Å². The summed E-state index contributed by atoms with van der Waals surface area (Å²) in [6.45, 7) is 1.57. The highest BCUT2D eigenvalue weighted by Gasteiger charge is 2.30.